The highest BCUT2D eigenvalue weighted by atomic mass is 15.6. The van der Waals surface area contributed by atoms with Gasteiger partial charge in [-0.25, -0.2) is 0 Å². The second-order valence-electron chi connectivity index (χ2n) is 4.48. The fourth-order valence-electron chi connectivity index (χ4n) is 1.13. The van der Waals surface area contributed by atoms with Crippen LogP contribution in [-0.2, 0) is 13.5 Å². The summed E-state index contributed by atoms with van der Waals surface area (Å²) in [5, 5.41) is 15.2. The smallest absolute Gasteiger partial charge is 0.174 e. The van der Waals surface area contributed by atoms with Crippen LogP contribution in [-0.4, -0.2) is 32.3 Å². The second kappa shape index (κ2) is 4.50. The molecular formula is C9H19N5. The van der Waals surface area contributed by atoms with E-state index in [2.05, 4.69) is 41.5 Å². The first-order valence-corrected chi connectivity index (χ1v) is 4.95. The largest absolute Gasteiger partial charge is 0.312 e. The van der Waals surface area contributed by atoms with E-state index < -0.39 is 0 Å². The molecule has 0 aliphatic rings. The van der Waals surface area contributed by atoms with Crippen LogP contribution < -0.4 is 5.32 Å². The number of rotatable bonds is 4. The number of hydrogen-bond donors (Lipinski definition) is 1. The molecule has 1 aromatic heterocycles. The minimum absolute atomic E-state index is 0.190. The third-order valence-electron chi connectivity index (χ3n) is 1.78. The Kier molecular flexibility index (Phi) is 3.57. The molecule has 1 heterocycles. The molecule has 0 atom stereocenters. The number of aryl methyl sites for hydroxylation is 2. The molecule has 1 rings (SSSR count). The molecule has 0 aliphatic carbocycles. The van der Waals surface area contributed by atoms with Crippen molar-refractivity contribution in [1.82, 2.24) is 25.5 Å². The first-order valence-electron chi connectivity index (χ1n) is 4.95. The van der Waals surface area contributed by atoms with Crippen molar-refractivity contribution in [2.75, 3.05) is 6.54 Å². The standard InChI is InChI=1S/C9H19N5/c1-9(2,3)10-7-5-6-8-11-13-14(4)12-8/h10H,5-7H2,1-4H3. The Hall–Kier alpha value is -0.970. The molecule has 0 saturated heterocycles. The normalized spacial score (nSPS) is 12.0. The van der Waals surface area contributed by atoms with Gasteiger partial charge in [0.1, 0.15) is 0 Å². The molecule has 1 aromatic rings. The summed E-state index contributed by atoms with van der Waals surface area (Å²) in [6.07, 6.45) is 1.93. The average molecular weight is 197 g/mol. The lowest BCUT2D eigenvalue weighted by Crippen LogP contribution is -2.36. The van der Waals surface area contributed by atoms with E-state index in [9.17, 15) is 0 Å². The summed E-state index contributed by atoms with van der Waals surface area (Å²) in [6, 6.07) is 0. The van der Waals surface area contributed by atoms with Crippen LogP contribution in [0.2, 0.25) is 0 Å². The maximum Gasteiger partial charge on any atom is 0.174 e. The summed E-state index contributed by atoms with van der Waals surface area (Å²) in [4.78, 5) is 1.49. The summed E-state index contributed by atoms with van der Waals surface area (Å²) < 4.78 is 0. The number of nitrogens with one attached hydrogen (secondary N) is 1. The number of nitrogens with zero attached hydrogens (tertiary/aromatic N) is 4. The molecule has 0 saturated carbocycles. The third-order valence-corrected chi connectivity index (χ3v) is 1.78. The van der Waals surface area contributed by atoms with Crippen molar-refractivity contribution in [3.05, 3.63) is 5.82 Å². The Labute approximate surface area is 84.9 Å². The van der Waals surface area contributed by atoms with E-state index in [1.807, 2.05) is 0 Å². The summed E-state index contributed by atoms with van der Waals surface area (Å²) in [7, 11) is 1.78. The molecule has 0 aliphatic heterocycles. The van der Waals surface area contributed by atoms with Crippen LogP contribution >= 0.6 is 0 Å². The number of tetrazole rings is 1. The van der Waals surface area contributed by atoms with Gasteiger partial charge >= 0.3 is 0 Å². The van der Waals surface area contributed by atoms with Crippen molar-refractivity contribution in [2.24, 2.45) is 7.05 Å². The lowest BCUT2D eigenvalue weighted by Gasteiger charge is -2.19. The Balaban J connectivity index is 2.16. The van der Waals surface area contributed by atoms with Crippen molar-refractivity contribution < 1.29 is 0 Å². The molecule has 0 unspecified atom stereocenters. The van der Waals surface area contributed by atoms with Gasteiger partial charge in [0.25, 0.3) is 0 Å². The topological polar surface area (TPSA) is 55.6 Å². The fourth-order valence-corrected chi connectivity index (χ4v) is 1.13. The van der Waals surface area contributed by atoms with Gasteiger partial charge in [0, 0.05) is 12.0 Å². The van der Waals surface area contributed by atoms with Crippen LogP contribution in [0.5, 0.6) is 0 Å². The Morgan fingerprint density at radius 1 is 1.36 bits per heavy atom. The third kappa shape index (κ3) is 4.32. The lowest BCUT2D eigenvalue weighted by atomic mass is 10.1. The van der Waals surface area contributed by atoms with Gasteiger partial charge in [-0.3, -0.25) is 0 Å². The van der Waals surface area contributed by atoms with Crippen molar-refractivity contribution in [3.63, 3.8) is 0 Å². The van der Waals surface area contributed by atoms with Gasteiger partial charge in [-0.2, -0.15) is 4.80 Å². The van der Waals surface area contributed by atoms with Gasteiger partial charge in [0.15, 0.2) is 5.82 Å². The van der Waals surface area contributed by atoms with E-state index in [1.165, 1.54) is 4.80 Å². The molecular weight excluding hydrogens is 178 g/mol. The molecule has 0 fully saturated rings. The van der Waals surface area contributed by atoms with Gasteiger partial charge in [0.2, 0.25) is 0 Å². The van der Waals surface area contributed by atoms with E-state index >= 15 is 0 Å². The quantitative estimate of drug-likeness (QED) is 0.715. The Morgan fingerprint density at radius 2 is 2.07 bits per heavy atom. The molecule has 5 nitrogen and oxygen atoms in total. The first-order chi connectivity index (χ1) is 6.47. The maximum atomic E-state index is 4.11. The highest BCUT2D eigenvalue weighted by Gasteiger charge is 2.07. The summed E-state index contributed by atoms with van der Waals surface area (Å²) in [5.41, 5.74) is 0.190. The van der Waals surface area contributed by atoms with E-state index in [1.54, 1.807) is 7.05 Å². The van der Waals surface area contributed by atoms with Crippen LogP contribution in [0.4, 0.5) is 0 Å². The number of hydrogen-bond acceptors (Lipinski definition) is 4. The Morgan fingerprint density at radius 3 is 2.57 bits per heavy atom. The zero-order chi connectivity index (χ0) is 10.6. The molecule has 0 aromatic carbocycles. The fraction of sp³-hybridized carbons (Fsp3) is 0.889. The average Bonchev–Trinajstić information content (AvgIpc) is 2.44. The SMILES string of the molecule is Cn1nnc(CCCNC(C)(C)C)n1. The number of aromatic nitrogens is 4. The lowest BCUT2D eigenvalue weighted by molar-refractivity contribution is 0.421. The zero-order valence-corrected chi connectivity index (χ0v) is 9.41. The highest BCUT2D eigenvalue weighted by Crippen LogP contribution is 1.99. The van der Waals surface area contributed by atoms with E-state index in [4.69, 9.17) is 0 Å². The van der Waals surface area contributed by atoms with Crippen molar-refractivity contribution in [3.8, 4) is 0 Å². The zero-order valence-electron chi connectivity index (χ0n) is 9.41. The van der Waals surface area contributed by atoms with Crippen LogP contribution in [0, 0.1) is 0 Å². The van der Waals surface area contributed by atoms with Crippen LogP contribution in [0.3, 0.4) is 0 Å². The summed E-state index contributed by atoms with van der Waals surface area (Å²) in [5.74, 6) is 0.822. The molecule has 14 heavy (non-hydrogen) atoms. The van der Waals surface area contributed by atoms with Gasteiger partial charge < -0.3 is 5.32 Å². The van der Waals surface area contributed by atoms with E-state index in [0.717, 1.165) is 25.2 Å². The summed E-state index contributed by atoms with van der Waals surface area (Å²) >= 11 is 0. The molecule has 80 valence electrons. The molecule has 0 radical (unpaired) electrons. The van der Waals surface area contributed by atoms with Gasteiger partial charge in [-0.05, 0) is 39.0 Å². The maximum absolute atomic E-state index is 4.11. The van der Waals surface area contributed by atoms with E-state index in [0.29, 0.717) is 0 Å². The van der Waals surface area contributed by atoms with Crippen LogP contribution in [0.15, 0.2) is 0 Å². The van der Waals surface area contributed by atoms with Crippen LogP contribution in [0.25, 0.3) is 0 Å². The second-order valence-corrected chi connectivity index (χ2v) is 4.48. The molecule has 1 N–H and O–H groups in total. The van der Waals surface area contributed by atoms with Crippen molar-refractivity contribution >= 4 is 0 Å². The molecule has 5 heteroatoms. The minimum atomic E-state index is 0.190. The molecule has 0 amide bonds. The van der Waals surface area contributed by atoms with Gasteiger partial charge in [0.05, 0.1) is 7.05 Å². The first kappa shape index (κ1) is 11.1. The van der Waals surface area contributed by atoms with E-state index in [-0.39, 0.29) is 5.54 Å². The molecule has 0 bridgehead atoms. The predicted octanol–water partition coefficient (Wildman–Crippen LogP) is 0.531. The highest BCUT2D eigenvalue weighted by molar-refractivity contribution is 4.78. The van der Waals surface area contributed by atoms with Gasteiger partial charge in [-0.1, -0.05) is 0 Å². The van der Waals surface area contributed by atoms with Crippen molar-refractivity contribution in [2.45, 2.75) is 39.2 Å². The van der Waals surface area contributed by atoms with Crippen LogP contribution in [0.1, 0.15) is 33.0 Å². The summed E-state index contributed by atoms with van der Waals surface area (Å²) in [6.45, 7) is 7.47. The Bertz CT molecular complexity index is 273. The van der Waals surface area contributed by atoms with Crippen molar-refractivity contribution in [1.29, 1.82) is 0 Å². The monoisotopic (exact) mass is 197 g/mol. The minimum Gasteiger partial charge on any atom is -0.312 e. The van der Waals surface area contributed by atoms with Gasteiger partial charge in [-0.15, -0.1) is 10.2 Å². The molecule has 0 spiro atoms. The predicted molar refractivity (Wildman–Crippen MR) is 54.9 cm³/mol.